The number of fused-ring (bicyclic) bond motifs is 1. The van der Waals surface area contributed by atoms with Crippen molar-refractivity contribution in [2.75, 3.05) is 0 Å². The summed E-state index contributed by atoms with van der Waals surface area (Å²) in [6, 6.07) is 13.2. The van der Waals surface area contributed by atoms with Crippen LogP contribution in [-0.4, -0.2) is 5.91 Å². The normalized spacial score (nSPS) is 10.4. The fourth-order valence-corrected chi connectivity index (χ4v) is 2.41. The number of thiophene rings is 1. The molecule has 2 N–H and O–H groups in total. The van der Waals surface area contributed by atoms with Crippen LogP contribution in [0.5, 0.6) is 0 Å². The molecule has 100 valence electrons. The Balaban J connectivity index is 1.68. The van der Waals surface area contributed by atoms with Gasteiger partial charge in [-0.25, -0.2) is 0 Å². The van der Waals surface area contributed by atoms with Crippen LogP contribution in [0, 0.1) is 0 Å². The summed E-state index contributed by atoms with van der Waals surface area (Å²) >= 11 is 1.38. The van der Waals surface area contributed by atoms with Crippen molar-refractivity contribution in [2.45, 2.75) is 0 Å². The van der Waals surface area contributed by atoms with E-state index in [2.05, 4.69) is 17.4 Å². The number of rotatable bonds is 4. The summed E-state index contributed by atoms with van der Waals surface area (Å²) in [5.74, 6) is 0.398. The third-order valence-corrected chi connectivity index (χ3v) is 3.66. The van der Waals surface area contributed by atoms with Gasteiger partial charge in [-0.15, -0.1) is 11.3 Å². The minimum atomic E-state index is -0.197. The van der Waals surface area contributed by atoms with Gasteiger partial charge in [0.15, 0.2) is 5.76 Å². The molecule has 0 saturated heterocycles. The number of hydrogen-bond donors (Lipinski definition) is 2. The molecular weight excluding hydrogens is 272 g/mol. The first-order valence-corrected chi connectivity index (χ1v) is 6.90. The van der Waals surface area contributed by atoms with Crippen LogP contribution >= 0.6 is 11.3 Å². The molecule has 0 aliphatic heterocycles. The summed E-state index contributed by atoms with van der Waals surface area (Å²) < 4.78 is 5.64. The topological polar surface area (TPSA) is 54.3 Å². The molecule has 0 spiro atoms. The van der Waals surface area contributed by atoms with Gasteiger partial charge in [-0.2, -0.15) is 0 Å². The average Bonchev–Trinajstić information content (AvgIpc) is 3.12. The Morgan fingerprint density at radius 1 is 1.15 bits per heavy atom. The predicted molar refractivity (Wildman–Crippen MR) is 80.2 cm³/mol. The van der Waals surface area contributed by atoms with Crippen LogP contribution in [0.4, 0.5) is 0 Å². The van der Waals surface area contributed by atoms with Gasteiger partial charge in [-0.1, -0.05) is 30.8 Å². The first-order valence-electron chi connectivity index (χ1n) is 6.02. The third-order valence-electron chi connectivity index (χ3n) is 2.79. The first-order chi connectivity index (χ1) is 9.74. The highest BCUT2D eigenvalue weighted by Gasteiger charge is 2.09. The van der Waals surface area contributed by atoms with Gasteiger partial charge >= 0.3 is 0 Å². The van der Waals surface area contributed by atoms with E-state index in [1.165, 1.54) is 11.3 Å². The zero-order valence-electron chi connectivity index (χ0n) is 10.6. The van der Waals surface area contributed by atoms with Crippen molar-refractivity contribution in [3.05, 3.63) is 65.1 Å². The van der Waals surface area contributed by atoms with Crippen molar-refractivity contribution in [1.82, 2.24) is 10.9 Å². The number of para-hydroxylation sites is 1. The zero-order chi connectivity index (χ0) is 13.9. The minimum absolute atomic E-state index is 0.197. The van der Waals surface area contributed by atoms with Gasteiger partial charge in [-0.3, -0.25) is 15.6 Å². The summed E-state index contributed by atoms with van der Waals surface area (Å²) in [4.78, 5) is 12.4. The van der Waals surface area contributed by atoms with E-state index in [9.17, 15) is 4.79 Å². The number of furan rings is 1. The summed E-state index contributed by atoms with van der Waals surface area (Å²) in [6.45, 7) is 3.86. The summed E-state index contributed by atoms with van der Waals surface area (Å²) in [6.07, 6.45) is 0. The molecule has 0 fully saturated rings. The Hall–Kier alpha value is -2.53. The van der Waals surface area contributed by atoms with E-state index in [1.54, 1.807) is 6.07 Å². The fourth-order valence-electron chi connectivity index (χ4n) is 1.79. The van der Waals surface area contributed by atoms with Gasteiger partial charge in [0.05, 0.1) is 10.6 Å². The lowest BCUT2D eigenvalue weighted by Crippen LogP contribution is -2.35. The molecule has 0 aliphatic carbocycles. The molecule has 3 aromatic rings. The smallest absolute Gasteiger partial charge is 0.279 e. The van der Waals surface area contributed by atoms with Crippen LogP contribution in [0.2, 0.25) is 0 Å². The van der Waals surface area contributed by atoms with Crippen LogP contribution in [-0.2, 0) is 0 Å². The summed E-state index contributed by atoms with van der Waals surface area (Å²) in [7, 11) is 0. The molecule has 0 atom stereocenters. The molecular formula is C15H12N2O2S. The number of carbonyl (C=O) groups excluding carboxylic acids is 1. The number of nitrogens with one attached hydrogen (secondary N) is 2. The van der Waals surface area contributed by atoms with Crippen LogP contribution in [0.1, 0.15) is 15.4 Å². The van der Waals surface area contributed by atoms with Gasteiger partial charge < -0.3 is 4.42 Å². The molecule has 1 amide bonds. The predicted octanol–water partition coefficient (Wildman–Crippen LogP) is 3.40. The average molecular weight is 284 g/mol. The molecule has 5 heteroatoms. The maximum absolute atomic E-state index is 11.8. The Morgan fingerprint density at radius 2 is 2.00 bits per heavy atom. The van der Waals surface area contributed by atoms with Gasteiger partial charge in [-0.05, 0) is 23.6 Å². The van der Waals surface area contributed by atoms with E-state index in [-0.39, 0.29) is 5.91 Å². The molecule has 0 bridgehead atoms. The number of amides is 1. The molecule has 2 aromatic heterocycles. The Labute approximate surface area is 119 Å². The fraction of sp³-hybridized carbons (Fsp3) is 0. The standard InChI is InChI=1S/C15H12N2O2S/c1-10(16-17-15(18)14-7-4-8-20-14)13-9-11-5-2-3-6-12(11)19-13/h2-9,16H,1H2,(H,17,18). The monoisotopic (exact) mass is 284 g/mol. The van der Waals surface area contributed by atoms with Crippen LogP contribution in [0.3, 0.4) is 0 Å². The number of hydrazine groups is 1. The van der Waals surface area contributed by atoms with E-state index in [1.807, 2.05) is 41.8 Å². The number of carbonyl (C=O) groups is 1. The van der Waals surface area contributed by atoms with E-state index < -0.39 is 0 Å². The Morgan fingerprint density at radius 3 is 2.75 bits per heavy atom. The van der Waals surface area contributed by atoms with E-state index in [0.29, 0.717) is 16.3 Å². The highest BCUT2D eigenvalue weighted by molar-refractivity contribution is 7.12. The van der Waals surface area contributed by atoms with Crippen molar-refractivity contribution < 1.29 is 9.21 Å². The second-order valence-electron chi connectivity index (χ2n) is 4.18. The van der Waals surface area contributed by atoms with Crippen molar-refractivity contribution >= 4 is 33.9 Å². The van der Waals surface area contributed by atoms with Gasteiger partial charge in [0.2, 0.25) is 0 Å². The summed E-state index contributed by atoms with van der Waals surface area (Å²) in [5, 5.41) is 2.85. The van der Waals surface area contributed by atoms with Crippen LogP contribution < -0.4 is 10.9 Å². The molecule has 20 heavy (non-hydrogen) atoms. The van der Waals surface area contributed by atoms with Crippen molar-refractivity contribution in [3.8, 4) is 0 Å². The lowest BCUT2D eigenvalue weighted by molar-refractivity contribution is 0.0946. The summed E-state index contributed by atoms with van der Waals surface area (Å²) in [5.41, 5.74) is 6.65. The SMILES string of the molecule is C=C(NNC(=O)c1cccs1)c1cc2ccccc2o1. The Kier molecular flexibility index (Phi) is 3.26. The molecule has 2 heterocycles. The molecule has 0 unspecified atom stereocenters. The van der Waals surface area contributed by atoms with Crippen molar-refractivity contribution in [3.63, 3.8) is 0 Å². The third kappa shape index (κ3) is 2.44. The molecule has 1 aromatic carbocycles. The van der Waals surface area contributed by atoms with E-state index >= 15 is 0 Å². The molecule has 0 radical (unpaired) electrons. The van der Waals surface area contributed by atoms with Gasteiger partial charge in [0, 0.05) is 5.39 Å². The molecule has 3 rings (SSSR count). The molecule has 0 aliphatic rings. The molecule has 0 saturated carbocycles. The van der Waals surface area contributed by atoms with E-state index in [4.69, 9.17) is 4.42 Å². The second-order valence-corrected chi connectivity index (χ2v) is 5.13. The maximum atomic E-state index is 11.8. The van der Waals surface area contributed by atoms with Crippen LogP contribution in [0.15, 0.2) is 58.8 Å². The number of hydrogen-bond acceptors (Lipinski definition) is 4. The zero-order valence-corrected chi connectivity index (χ0v) is 11.4. The quantitative estimate of drug-likeness (QED) is 0.722. The maximum Gasteiger partial charge on any atom is 0.279 e. The van der Waals surface area contributed by atoms with Gasteiger partial charge in [0.25, 0.3) is 5.91 Å². The first kappa shape index (κ1) is 12.5. The van der Waals surface area contributed by atoms with Crippen molar-refractivity contribution in [2.24, 2.45) is 0 Å². The van der Waals surface area contributed by atoms with E-state index in [0.717, 1.165) is 11.0 Å². The van der Waals surface area contributed by atoms with Crippen LogP contribution in [0.25, 0.3) is 16.7 Å². The number of benzene rings is 1. The van der Waals surface area contributed by atoms with Gasteiger partial charge in [0.1, 0.15) is 5.58 Å². The lowest BCUT2D eigenvalue weighted by atomic mass is 10.2. The lowest BCUT2D eigenvalue weighted by Gasteiger charge is -2.07. The Bertz CT molecular complexity index is 726. The minimum Gasteiger partial charge on any atom is -0.454 e. The second kappa shape index (κ2) is 5.22. The largest absolute Gasteiger partial charge is 0.454 e. The highest BCUT2D eigenvalue weighted by atomic mass is 32.1. The highest BCUT2D eigenvalue weighted by Crippen LogP contribution is 2.22. The van der Waals surface area contributed by atoms with Crippen molar-refractivity contribution in [1.29, 1.82) is 0 Å². The molecule has 4 nitrogen and oxygen atoms in total.